The SMILES string of the molecule is COc1ccc(-c2nc3ccc(NC(=O)c4c(OC)cccc4OC)cc3o2)cc1. The Hall–Kier alpha value is -4.00. The molecule has 0 spiro atoms. The number of ether oxygens (including phenoxy) is 3. The summed E-state index contributed by atoms with van der Waals surface area (Å²) in [6.07, 6.45) is 0. The van der Waals surface area contributed by atoms with Gasteiger partial charge in [0.1, 0.15) is 28.3 Å². The maximum absolute atomic E-state index is 12.9. The Morgan fingerprint density at radius 3 is 2.23 bits per heavy atom. The van der Waals surface area contributed by atoms with E-state index in [1.54, 1.807) is 43.5 Å². The summed E-state index contributed by atoms with van der Waals surface area (Å²) in [5.41, 5.74) is 2.97. The van der Waals surface area contributed by atoms with Crippen molar-refractivity contribution in [1.82, 2.24) is 4.98 Å². The van der Waals surface area contributed by atoms with E-state index in [9.17, 15) is 4.79 Å². The van der Waals surface area contributed by atoms with Crippen molar-refractivity contribution in [2.45, 2.75) is 0 Å². The second-order valence-corrected chi connectivity index (χ2v) is 6.42. The van der Waals surface area contributed by atoms with Gasteiger partial charge in [-0.1, -0.05) is 6.07 Å². The van der Waals surface area contributed by atoms with Crippen molar-refractivity contribution in [2.75, 3.05) is 26.6 Å². The molecule has 0 fully saturated rings. The number of carbonyl (C=O) groups is 1. The van der Waals surface area contributed by atoms with Gasteiger partial charge in [0.25, 0.3) is 5.91 Å². The highest BCUT2D eigenvalue weighted by Gasteiger charge is 2.19. The predicted molar refractivity (Wildman–Crippen MR) is 113 cm³/mol. The van der Waals surface area contributed by atoms with Crippen LogP contribution >= 0.6 is 0 Å². The number of oxazole rings is 1. The normalized spacial score (nSPS) is 10.6. The van der Waals surface area contributed by atoms with Gasteiger partial charge in [0, 0.05) is 17.3 Å². The molecule has 0 bridgehead atoms. The first-order chi connectivity index (χ1) is 14.6. The number of anilines is 1. The molecule has 152 valence electrons. The molecule has 1 heterocycles. The van der Waals surface area contributed by atoms with Crippen LogP contribution in [0.3, 0.4) is 0 Å². The summed E-state index contributed by atoms with van der Waals surface area (Å²) >= 11 is 0. The van der Waals surface area contributed by atoms with Crippen LogP contribution in [0, 0.1) is 0 Å². The van der Waals surface area contributed by atoms with E-state index in [1.807, 2.05) is 24.3 Å². The van der Waals surface area contributed by atoms with Crippen LogP contribution in [-0.4, -0.2) is 32.2 Å². The summed E-state index contributed by atoms with van der Waals surface area (Å²) in [5.74, 6) is 1.75. The van der Waals surface area contributed by atoms with Gasteiger partial charge >= 0.3 is 0 Å². The first-order valence-corrected chi connectivity index (χ1v) is 9.20. The summed E-state index contributed by atoms with van der Waals surface area (Å²) in [7, 11) is 4.63. The lowest BCUT2D eigenvalue weighted by Gasteiger charge is -2.12. The van der Waals surface area contributed by atoms with Crippen LogP contribution in [0.4, 0.5) is 5.69 Å². The van der Waals surface area contributed by atoms with Crippen molar-refractivity contribution in [3.05, 3.63) is 66.2 Å². The fourth-order valence-electron chi connectivity index (χ4n) is 3.13. The second kappa shape index (κ2) is 8.16. The summed E-state index contributed by atoms with van der Waals surface area (Å²) in [6.45, 7) is 0. The first-order valence-electron chi connectivity index (χ1n) is 9.20. The van der Waals surface area contributed by atoms with Gasteiger partial charge in [0.05, 0.1) is 21.3 Å². The van der Waals surface area contributed by atoms with Crippen molar-refractivity contribution in [3.8, 4) is 28.7 Å². The highest BCUT2D eigenvalue weighted by atomic mass is 16.5. The topological polar surface area (TPSA) is 82.8 Å². The Kier molecular flexibility index (Phi) is 5.26. The van der Waals surface area contributed by atoms with E-state index in [1.165, 1.54) is 14.2 Å². The van der Waals surface area contributed by atoms with Gasteiger partial charge in [-0.05, 0) is 48.5 Å². The van der Waals surface area contributed by atoms with E-state index in [0.717, 1.165) is 11.3 Å². The molecule has 0 atom stereocenters. The van der Waals surface area contributed by atoms with Gasteiger partial charge in [0.15, 0.2) is 5.58 Å². The van der Waals surface area contributed by atoms with Crippen molar-refractivity contribution in [1.29, 1.82) is 0 Å². The highest BCUT2D eigenvalue weighted by Crippen LogP contribution is 2.31. The van der Waals surface area contributed by atoms with Gasteiger partial charge in [-0.15, -0.1) is 0 Å². The standard InChI is InChI=1S/C23H20N2O5/c1-27-16-10-7-14(8-11-16)23-25-17-12-9-15(13-20(17)30-23)24-22(26)21-18(28-2)5-4-6-19(21)29-3/h4-13H,1-3H3,(H,24,26). The van der Waals surface area contributed by atoms with Crippen LogP contribution < -0.4 is 19.5 Å². The van der Waals surface area contributed by atoms with Gasteiger partial charge < -0.3 is 23.9 Å². The minimum atomic E-state index is -0.349. The number of nitrogens with zero attached hydrogens (tertiary/aromatic N) is 1. The minimum Gasteiger partial charge on any atom is -0.497 e. The third-order valence-electron chi connectivity index (χ3n) is 4.64. The third-order valence-corrected chi connectivity index (χ3v) is 4.64. The van der Waals surface area contributed by atoms with E-state index >= 15 is 0 Å². The molecule has 7 heteroatoms. The average molecular weight is 404 g/mol. The maximum atomic E-state index is 12.9. The lowest BCUT2D eigenvalue weighted by Crippen LogP contribution is -2.14. The Bertz CT molecular complexity index is 1180. The number of rotatable bonds is 6. The Labute approximate surface area is 173 Å². The van der Waals surface area contributed by atoms with E-state index < -0.39 is 0 Å². The smallest absolute Gasteiger partial charge is 0.263 e. The monoisotopic (exact) mass is 404 g/mol. The van der Waals surface area contributed by atoms with Crippen molar-refractivity contribution in [2.24, 2.45) is 0 Å². The Morgan fingerprint density at radius 1 is 0.900 bits per heavy atom. The number of benzene rings is 3. The summed E-state index contributed by atoms with van der Waals surface area (Å²) in [6, 6.07) is 17.9. The second-order valence-electron chi connectivity index (χ2n) is 6.42. The zero-order valence-corrected chi connectivity index (χ0v) is 16.8. The van der Waals surface area contributed by atoms with Crippen molar-refractivity contribution >= 4 is 22.7 Å². The van der Waals surface area contributed by atoms with Crippen LogP contribution in [0.2, 0.25) is 0 Å². The van der Waals surface area contributed by atoms with Crippen molar-refractivity contribution < 1.29 is 23.4 Å². The molecule has 1 aromatic heterocycles. The van der Waals surface area contributed by atoms with Gasteiger partial charge in [0.2, 0.25) is 5.89 Å². The van der Waals surface area contributed by atoms with Crippen LogP contribution in [-0.2, 0) is 0 Å². The molecule has 0 aliphatic rings. The van der Waals surface area contributed by atoms with Gasteiger partial charge in [-0.3, -0.25) is 4.79 Å². The van der Waals surface area contributed by atoms with E-state index in [2.05, 4.69) is 10.3 Å². The van der Waals surface area contributed by atoms with E-state index in [0.29, 0.717) is 39.7 Å². The molecule has 7 nitrogen and oxygen atoms in total. The van der Waals surface area contributed by atoms with Gasteiger partial charge in [-0.2, -0.15) is 0 Å². The third kappa shape index (κ3) is 3.65. The Morgan fingerprint density at radius 2 is 1.60 bits per heavy atom. The van der Waals surface area contributed by atoms with Crippen LogP contribution in [0.1, 0.15) is 10.4 Å². The molecule has 3 aromatic carbocycles. The number of methoxy groups -OCH3 is 3. The number of hydrogen-bond donors (Lipinski definition) is 1. The van der Waals surface area contributed by atoms with Crippen LogP contribution in [0.5, 0.6) is 17.2 Å². The maximum Gasteiger partial charge on any atom is 0.263 e. The molecule has 0 aliphatic carbocycles. The zero-order valence-electron chi connectivity index (χ0n) is 16.8. The summed E-state index contributed by atoms with van der Waals surface area (Å²) < 4.78 is 21.7. The molecule has 0 saturated heterocycles. The van der Waals surface area contributed by atoms with Crippen LogP contribution in [0.15, 0.2) is 65.1 Å². The Balaban J connectivity index is 1.62. The molecule has 1 N–H and O–H groups in total. The largest absolute Gasteiger partial charge is 0.497 e. The van der Waals surface area contributed by atoms with Crippen LogP contribution in [0.25, 0.3) is 22.6 Å². The fourth-order valence-corrected chi connectivity index (χ4v) is 3.13. The van der Waals surface area contributed by atoms with Gasteiger partial charge in [-0.25, -0.2) is 4.98 Å². The molecule has 0 saturated carbocycles. The number of nitrogens with one attached hydrogen (secondary N) is 1. The van der Waals surface area contributed by atoms with Crippen molar-refractivity contribution in [3.63, 3.8) is 0 Å². The molecule has 4 aromatic rings. The number of aromatic nitrogens is 1. The molecule has 0 unspecified atom stereocenters. The molecule has 30 heavy (non-hydrogen) atoms. The zero-order chi connectivity index (χ0) is 21.1. The fraction of sp³-hybridized carbons (Fsp3) is 0.130. The molecular weight excluding hydrogens is 384 g/mol. The number of hydrogen-bond acceptors (Lipinski definition) is 6. The number of fused-ring (bicyclic) bond motifs is 1. The molecule has 0 radical (unpaired) electrons. The van der Waals surface area contributed by atoms with E-state index in [4.69, 9.17) is 18.6 Å². The first kappa shape index (κ1) is 19.3. The predicted octanol–water partition coefficient (Wildman–Crippen LogP) is 4.77. The molecular formula is C23H20N2O5. The summed E-state index contributed by atoms with van der Waals surface area (Å²) in [4.78, 5) is 17.4. The lowest BCUT2D eigenvalue weighted by atomic mass is 10.1. The lowest BCUT2D eigenvalue weighted by molar-refractivity contribution is 0.102. The highest BCUT2D eigenvalue weighted by molar-refractivity contribution is 6.08. The average Bonchev–Trinajstić information content (AvgIpc) is 3.21. The molecule has 4 rings (SSSR count). The quantitative estimate of drug-likeness (QED) is 0.498. The number of carbonyl (C=O) groups excluding carboxylic acids is 1. The van der Waals surface area contributed by atoms with E-state index in [-0.39, 0.29) is 5.91 Å². The minimum absolute atomic E-state index is 0.319. The summed E-state index contributed by atoms with van der Waals surface area (Å²) in [5, 5.41) is 2.86. The molecule has 1 amide bonds. The number of amides is 1. The molecule has 0 aliphatic heterocycles.